The maximum absolute atomic E-state index is 13.7. The summed E-state index contributed by atoms with van der Waals surface area (Å²) in [7, 11) is 1.68. The van der Waals surface area contributed by atoms with E-state index in [4.69, 9.17) is 9.47 Å². The Balaban J connectivity index is 1.49. The predicted molar refractivity (Wildman–Crippen MR) is 133 cm³/mol. The molecule has 0 bridgehead atoms. The molecule has 0 amide bonds. The summed E-state index contributed by atoms with van der Waals surface area (Å²) in [6, 6.07) is 13.1. The first-order chi connectivity index (χ1) is 17.1. The number of benzene rings is 2. The quantitative estimate of drug-likeness (QED) is 0.360. The zero-order valence-electron chi connectivity index (χ0n) is 19.8. The molecule has 1 unspecified atom stereocenters. The minimum absolute atomic E-state index is 0.0295. The van der Waals surface area contributed by atoms with Crippen LogP contribution in [0.3, 0.4) is 0 Å². The minimum Gasteiger partial charge on any atom is -0.460 e. The van der Waals surface area contributed by atoms with Crippen LogP contribution in [0.25, 0.3) is 22.0 Å². The van der Waals surface area contributed by atoms with Crippen LogP contribution in [0, 0.1) is 0 Å². The van der Waals surface area contributed by atoms with Crippen molar-refractivity contribution < 1.29 is 13.9 Å². The Hall–Kier alpha value is -3.72. The van der Waals surface area contributed by atoms with Crippen LogP contribution in [0.5, 0.6) is 5.75 Å². The summed E-state index contributed by atoms with van der Waals surface area (Å²) < 4.78 is 27.9. The van der Waals surface area contributed by atoms with Crippen molar-refractivity contribution in [2.75, 3.05) is 25.6 Å². The molecule has 2 aromatic carbocycles. The second-order valence-corrected chi connectivity index (χ2v) is 8.58. The van der Waals surface area contributed by atoms with Gasteiger partial charge >= 0.3 is 0 Å². The fourth-order valence-electron chi connectivity index (χ4n) is 4.67. The van der Waals surface area contributed by atoms with Gasteiger partial charge in [0.15, 0.2) is 0 Å². The number of nitrogens with one attached hydrogen (secondary N) is 1. The van der Waals surface area contributed by atoms with Gasteiger partial charge < -0.3 is 14.8 Å². The number of rotatable bonds is 9. The van der Waals surface area contributed by atoms with Crippen molar-refractivity contribution >= 4 is 16.9 Å². The summed E-state index contributed by atoms with van der Waals surface area (Å²) in [6.07, 6.45) is 3.71. The highest BCUT2D eigenvalue weighted by Gasteiger charge is 2.30. The fraction of sp³-hybridized carbons (Fsp3) is 0.346. The predicted octanol–water partition coefficient (Wildman–Crippen LogP) is 4.40. The van der Waals surface area contributed by atoms with Crippen LogP contribution in [0.15, 0.2) is 59.7 Å². The molecule has 0 spiro atoms. The van der Waals surface area contributed by atoms with E-state index < -0.39 is 6.36 Å². The number of aromatic nitrogens is 4. The molecule has 3 heterocycles. The van der Waals surface area contributed by atoms with Crippen molar-refractivity contribution in [2.24, 2.45) is 0 Å². The Bertz CT molecular complexity index is 1380. The Kier molecular flexibility index (Phi) is 6.50. The van der Waals surface area contributed by atoms with Crippen LogP contribution in [0.1, 0.15) is 31.4 Å². The van der Waals surface area contributed by atoms with Gasteiger partial charge in [0.2, 0.25) is 12.3 Å². The van der Waals surface area contributed by atoms with Crippen LogP contribution in [0.2, 0.25) is 0 Å². The third-order valence-electron chi connectivity index (χ3n) is 6.24. The Morgan fingerprint density at radius 1 is 1.17 bits per heavy atom. The molecule has 1 aliphatic rings. The van der Waals surface area contributed by atoms with Crippen LogP contribution in [0.4, 0.5) is 10.3 Å². The van der Waals surface area contributed by atoms with Crippen molar-refractivity contribution in [3.05, 3.63) is 70.8 Å². The third kappa shape index (κ3) is 4.51. The second kappa shape index (κ2) is 9.87. The van der Waals surface area contributed by atoms with E-state index in [9.17, 15) is 9.18 Å². The number of halogens is 1. The standard InChI is InChI=1S/C26H28FN5O3/c1-17(27)35-24-7-4-3-6-20(24)22-10-12-31-25(33)21-9-8-18(14-23(21)32(22)31)19-15-29-26(30-16-19)28-11-5-13-34-2/h3-4,6-9,14-17,22H,5,10-13H2,1-2H3,(H,28,29,30)/t17?,22-/m0/s1. The Labute approximate surface area is 202 Å². The molecule has 5 rings (SSSR count). The molecule has 182 valence electrons. The van der Waals surface area contributed by atoms with Gasteiger partial charge in [-0.1, -0.05) is 24.3 Å². The number of methoxy groups -OCH3 is 1. The first-order valence-electron chi connectivity index (χ1n) is 11.8. The molecule has 9 heteroatoms. The average molecular weight is 478 g/mol. The van der Waals surface area contributed by atoms with Crippen molar-refractivity contribution in [1.29, 1.82) is 0 Å². The van der Waals surface area contributed by atoms with Gasteiger partial charge in [-0.2, -0.15) is 0 Å². The molecular weight excluding hydrogens is 449 g/mol. The maximum atomic E-state index is 13.7. The van der Waals surface area contributed by atoms with Gasteiger partial charge in [-0.15, -0.1) is 0 Å². The van der Waals surface area contributed by atoms with E-state index in [1.807, 2.05) is 41.1 Å². The van der Waals surface area contributed by atoms with Gasteiger partial charge in [-0.3, -0.25) is 9.48 Å². The summed E-state index contributed by atoms with van der Waals surface area (Å²) >= 11 is 0. The number of hydrogen-bond donors (Lipinski definition) is 1. The van der Waals surface area contributed by atoms with Gasteiger partial charge in [-0.05, 0) is 36.6 Å². The molecule has 0 aliphatic carbocycles. The average Bonchev–Trinajstić information content (AvgIpc) is 3.42. The lowest BCUT2D eigenvalue weighted by Gasteiger charge is -2.19. The molecule has 1 N–H and O–H groups in total. The summed E-state index contributed by atoms with van der Waals surface area (Å²) in [5.41, 5.74) is 3.42. The van der Waals surface area contributed by atoms with E-state index in [1.54, 1.807) is 30.3 Å². The Morgan fingerprint density at radius 2 is 1.97 bits per heavy atom. The molecule has 0 fully saturated rings. The highest BCUT2D eigenvalue weighted by atomic mass is 19.1. The van der Waals surface area contributed by atoms with E-state index in [2.05, 4.69) is 15.3 Å². The van der Waals surface area contributed by atoms with Crippen LogP contribution in [-0.2, 0) is 11.3 Å². The third-order valence-corrected chi connectivity index (χ3v) is 6.24. The molecule has 8 nitrogen and oxygen atoms in total. The zero-order chi connectivity index (χ0) is 24.4. The van der Waals surface area contributed by atoms with E-state index in [1.165, 1.54) is 6.92 Å². The first kappa shape index (κ1) is 23.0. The first-order valence-corrected chi connectivity index (χ1v) is 11.8. The monoisotopic (exact) mass is 477 g/mol. The summed E-state index contributed by atoms with van der Waals surface area (Å²) in [5.74, 6) is 1.05. The summed E-state index contributed by atoms with van der Waals surface area (Å²) in [4.78, 5) is 22.0. The lowest BCUT2D eigenvalue weighted by atomic mass is 10.0. The number of hydrogen-bond acceptors (Lipinski definition) is 6. The molecule has 2 aromatic heterocycles. The van der Waals surface area contributed by atoms with Gasteiger partial charge in [-0.25, -0.2) is 19.0 Å². The molecular formula is C26H28FN5O3. The SMILES string of the molecule is COCCCNc1ncc(-c2ccc3c(=O)n4n(c3c2)[C@H](c2ccccc2OC(C)F)CC4)cn1. The highest BCUT2D eigenvalue weighted by molar-refractivity contribution is 5.84. The number of para-hydroxylation sites is 1. The zero-order valence-corrected chi connectivity index (χ0v) is 19.8. The fourth-order valence-corrected chi connectivity index (χ4v) is 4.67. The number of alkyl halides is 1. The van der Waals surface area contributed by atoms with Gasteiger partial charge in [0, 0.05) is 57.3 Å². The normalized spacial score (nSPS) is 15.8. The van der Waals surface area contributed by atoms with Crippen molar-refractivity contribution in [3.63, 3.8) is 0 Å². The molecule has 4 aromatic rings. The largest absolute Gasteiger partial charge is 0.460 e. The number of anilines is 1. The van der Waals surface area contributed by atoms with Crippen LogP contribution < -0.4 is 15.6 Å². The summed E-state index contributed by atoms with van der Waals surface area (Å²) in [5, 5.41) is 3.82. The highest BCUT2D eigenvalue weighted by Crippen LogP contribution is 2.37. The molecule has 0 radical (unpaired) electrons. The maximum Gasteiger partial charge on any atom is 0.274 e. The molecule has 1 aliphatic heterocycles. The van der Waals surface area contributed by atoms with E-state index >= 15 is 0 Å². The van der Waals surface area contributed by atoms with E-state index in [0.29, 0.717) is 30.2 Å². The molecule has 0 saturated carbocycles. The van der Waals surface area contributed by atoms with Crippen molar-refractivity contribution in [2.45, 2.75) is 38.7 Å². The van der Waals surface area contributed by atoms with Crippen molar-refractivity contribution in [1.82, 2.24) is 19.3 Å². The second-order valence-electron chi connectivity index (χ2n) is 8.58. The number of ether oxygens (including phenoxy) is 2. The topological polar surface area (TPSA) is 83.2 Å². The van der Waals surface area contributed by atoms with Crippen molar-refractivity contribution in [3.8, 4) is 16.9 Å². The van der Waals surface area contributed by atoms with Crippen LogP contribution in [-0.4, -0.2) is 46.0 Å². The number of fused-ring (bicyclic) bond motifs is 3. The minimum atomic E-state index is -1.43. The van der Waals surface area contributed by atoms with E-state index in [-0.39, 0.29) is 11.6 Å². The lowest BCUT2D eigenvalue weighted by molar-refractivity contribution is 0.0843. The van der Waals surface area contributed by atoms with Gasteiger partial charge in [0.25, 0.3) is 5.56 Å². The number of nitrogens with zero attached hydrogens (tertiary/aromatic N) is 4. The van der Waals surface area contributed by atoms with E-state index in [0.717, 1.165) is 41.6 Å². The molecule has 35 heavy (non-hydrogen) atoms. The van der Waals surface area contributed by atoms with Gasteiger partial charge in [0.1, 0.15) is 5.75 Å². The van der Waals surface area contributed by atoms with Gasteiger partial charge in [0.05, 0.1) is 16.9 Å². The smallest absolute Gasteiger partial charge is 0.274 e. The summed E-state index contributed by atoms with van der Waals surface area (Å²) in [6.45, 7) is 3.35. The van der Waals surface area contributed by atoms with Crippen LogP contribution >= 0.6 is 0 Å². The molecule has 2 atom stereocenters. The Morgan fingerprint density at radius 3 is 2.74 bits per heavy atom. The molecule has 0 saturated heterocycles. The lowest BCUT2D eigenvalue weighted by Crippen LogP contribution is -2.18.